The van der Waals surface area contributed by atoms with Crippen LogP contribution in [0.1, 0.15) is 48.1 Å². The topological polar surface area (TPSA) is 59.2 Å². The van der Waals surface area contributed by atoms with Crippen molar-refractivity contribution in [2.24, 2.45) is 5.73 Å². The zero-order chi connectivity index (χ0) is 16.2. The summed E-state index contributed by atoms with van der Waals surface area (Å²) in [6.45, 7) is 4.67. The van der Waals surface area contributed by atoms with Gasteiger partial charge in [-0.25, -0.2) is 0 Å². The van der Waals surface area contributed by atoms with Crippen LogP contribution < -0.4 is 5.73 Å². The van der Waals surface area contributed by atoms with E-state index in [0.717, 1.165) is 11.3 Å². The van der Waals surface area contributed by atoms with Gasteiger partial charge in [-0.15, -0.1) is 0 Å². The van der Waals surface area contributed by atoms with E-state index in [2.05, 4.69) is 41.1 Å². The molecule has 0 radical (unpaired) electrons. The third kappa shape index (κ3) is 3.59. The molecule has 4 heteroatoms. The molecular weight excluding hydrogens is 286 g/mol. The molecule has 3 rings (SSSR count). The van der Waals surface area contributed by atoms with Crippen LogP contribution in [0.25, 0.3) is 11.3 Å². The number of aromatic nitrogens is 1. The molecule has 1 unspecified atom stereocenters. The Bertz CT molecular complexity index is 658. The maximum atomic E-state index is 11.1. The first-order valence-corrected chi connectivity index (χ1v) is 8.25. The lowest BCUT2D eigenvalue weighted by molar-refractivity contribution is 0.1000. The molecule has 1 aromatic carbocycles. The van der Waals surface area contributed by atoms with Gasteiger partial charge >= 0.3 is 0 Å². The highest BCUT2D eigenvalue weighted by Gasteiger charge is 2.18. The van der Waals surface area contributed by atoms with Crippen molar-refractivity contribution in [3.8, 4) is 11.3 Å². The van der Waals surface area contributed by atoms with Gasteiger partial charge in [-0.1, -0.05) is 30.7 Å². The summed E-state index contributed by atoms with van der Waals surface area (Å²) in [5.41, 5.74) is 8.92. The number of amides is 1. The molecule has 1 saturated heterocycles. The van der Waals surface area contributed by atoms with Gasteiger partial charge in [-0.05, 0) is 50.6 Å². The number of benzene rings is 1. The molecule has 0 bridgehead atoms. The summed E-state index contributed by atoms with van der Waals surface area (Å²) in [7, 11) is 0. The van der Waals surface area contributed by atoms with Crippen molar-refractivity contribution in [1.82, 2.24) is 9.88 Å². The van der Waals surface area contributed by atoms with Crippen molar-refractivity contribution in [2.45, 2.75) is 32.2 Å². The fourth-order valence-corrected chi connectivity index (χ4v) is 3.16. The van der Waals surface area contributed by atoms with Crippen LogP contribution >= 0.6 is 0 Å². The molecular formula is C19H23N3O. The normalized spacial score (nSPS) is 16.9. The van der Waals surface area contributed by atoms with Crippen molar-refractivity contribution in [1.29, 1.82) is 0 Å². The van der Waals surface area contributed by atoms with Gasteiger partial charge in [0.05, 0.1) is 11.3 Å². The minimum atomic E-state index is -0.449. The first-order chi connectivity index (χ1) is 11.1. The SMILES string of the molecule is CC(c1ccc(-c2ccc(C(N)=O)cn2)cc1)N1CCCCC1. The van der Waals surface area contributed by atoms with Crippen LogP contribution in [-0.4, -0.2) is 28.9 Å². The standard InChI is InChI=1S/C19H23N3O/c1-14(22-11-3-2-4-12-22)15-5-7-16(8-6-15)18-10-9-17(13-21-18)19(20)23/h5-10,13-14H,2-4,11-12H2,1H3,(H2,20,23). The molecule has 1 fully saturated rings. The van der Waals surface area contributed by atoms with Crippen LogP contribution in [0.15, 0.2) is 42.6 Å². The molecule has 120 valence electrons. The first kappa shape index (κ1) is 15.7. The smallest absolute Gasteiger partial charge is 0.250 e. The highest BCUT2D eigenvalue weighted by Crippen LogP contribution is 2.26. The van der Waals surface area contributed by atoms with Crippen molar-refractivity contribution >= 4 is 5.91 Å². The number of rotatable bonds is 4. The lowest BCUT2D eigenvalue weighted by Gasteiger charge is -2.32. The number of likely N-dealkylation sites (tertiary alicyclic amines) is 1. The summed E-state index contributed by atoms with van der Waals surface area (Å²) in [6.07, 6.45) is 5.49. The predicted molar refractivity (Wildman–Crippen MR) is 92.0 cm³/mol. The number of piperidine rings is 1. The number of carbonyl (C=O) groups excluding carboxylic acids is 1. The maximum Gasteiger partial charge on any atom is 0.250 e. The second-order valence-electron chi connectivity index (χ2n) is 6.19. The minimum Gasteiger partial charge on any atom is -0.366 e. The molecule has 0 saturated carbocycles. The van der Waals surface area contributed by atoms with Crippen LogP contribution in [0, 0.1) is 0 Å². The van der Waals surface area contributed by atoms with Crippen molar-refractivity contribution in [2.75, 3.05) is 13.1 Å². The van der Waals surface area contributed by atoms with E-state index in [9.17, 15) is 4.79 Å². The van der Waals surface area contributed by atoms with Gasteiger partial charge in [0, 0.05) is 17.8 Å². The van der Waals surface area contributed by atoms with E-state index in [-0.39, 0.29) is 0 Å². The molecule has 1 aliphatic heterocycles. The van der Waals surface area contributed by atoms with Crippen LogP contribution in [-0.2, 0) is 0 Å². The van der Waals surface area contributed by atoms with E-state index in [1.807, 2.05) is 6.07 Å². The molecule has 1 amide bonds. The number of hydrogen-bond donors (Lipinski definition) is 1. The van der Waals surface area contributed by atoms with Crippen molar-refractivity contribution in [3.05, 3.63) is 53.7 Å². The van der Waals surface area contributed by atoms with Gasteiger partial charge in [0.15, 0.2) is 0 Å². The molecule has 2 heterocycles. The van der Waals surface area contributed by atoms with E-state index < -0.39 is 5.91 Å². The lowest BCUT2D eigenvalue weighted by atomic mass is 10.0. The Morgan fingerprint density at radius 1 is 1.09 bits per heavy atom. The summed E-state index contributed by atoms with van der Waals surface area (Å²) in [6, 6.07) is 12.6. The van der Waals surface area contributed by atoms with Crippen LogP contribution in [0.3, 0.4) is 0 Å². The van der Waals surface area contributed by atoms with E-state index in [1.165, 1.54) is 44.1 Å². The Morgan fingerprint density at radius 3 is 2.35 bits per heavy atom. The fraction of sp³-hybridized carbons (Fsp3) is 0.368. The molecule has 0 spiro atoms. The highest BCUT2D eigenvalue weighted by molar-refractivity contribution is 5.92. The Kier molecular flexibility index (Phi) is 4.72. The quantitative estimate of drug-likeness (QED) is 0.941. The van der Waals surface area contributed by atoms with E-state index in [1.54, 1.807) is 6.07 Å². The van der Waals surface area contributed by atoms with E-state index >= 15 is 0 Å². The second kappa shape index (κ2) is 6.92. The minimum absolute atomic E-state index is 0.434. The number of nitrogens with zero attached hydrogens (tertiary/aromatic N) is 2. The van der Waals surface area contributed by atoms with Crippen LogP contribution in [0.5, 0.6) is 0 Å². The molecule has 2 aromatic rings. The third-order valence-corrected chi connectivity index (χ3v) is 4.68. The molecule has 4 nitrogen and oxygen atoms in total. The molecule has 1 aliphatic rings. The van der Waals surface area contributed by atoms with E-state index in [4.69, 9.17) is 5.73 Å². The summed E-state index contributed by atoms with van der Waals surface area (Å²) in [4.78, 5) is 18.0. The van der Waals surface area contributed by atoms with Gasteiger partial charge in [0.1, 0.15) is 0 Å². The summed E-state index contributed by atoms with van der Waals surface area (Å²) >= 11 is 0. The van der Waals surface area contributed by atoms with Crippen molar-refractivity contribution < 1.29 is 4.79 Å². The van der Waals surface area contributed by atoms with Crippen LogP contribution in [0.2, 0.25) is 0 Å². The molecule has 1 aromatic heterocycles. The molecule has 23 heavy (non-hydrogen) atoms. The zero-order valence-electron chi connectivity index (χ0n) is 13.5. The summed E-state index contributed by atoms with van der Waals surface area (Å²) in [5.74, 6) is -0.449. The second-order valence-corrected chi connectivity index (χ2v) is 6.19. The number of primary amides is 1. The van der Waals surface area contributed by atoms with Gasteiger partial charge in [-0.2, -0.15) is 0 Å². The van der Waals surface area contributed by atoms with Crippen LogP contribution in [0.4, 0.5) is 0 Å². The monoisotopic (exact) mass is 309 g/mol. The number of hydrogen-bond acceptors (Lipinski definition) is 3. The average Bonchev–Trinajstić information content (AvgIpc) is 2.62. The number of carbonyl (C=O) groups is 1. The maximum absolute atomic E-state index is 11.1. The van der Waals surface area contributed by atoms with Gasteiger partial charge in [-0.3, -0.25) is 14.7 Å². The largest absolute Gasteiger partial charge is 0.366 e. The Labute approximate surface area is 137 Å². The predicted octanol–water partition coefficient (Wildman–Crippen LogP) is 3.39. The summed E-state index contributed by atoms with van der Waals surface area (Å²) in [5, 5.41) is 0. The molecule has 1 atom stereocenters. The Hall–Kier alpha value is -2.20. The summed E-state index contributed by atoms with van der Waals surface area (Å²) < 4.78 is 0. The van der Waals surface area contributed by atoms with Gasteiger partial charge in [0.2, 0.25) is 5.91 Å². The fourth-order valence-electron chi connectivity index (χ4n) is 3.16. The average molecular weight is 309 g/mol. The van der Waals surface area contributed by atoms with Gasteiger partial charge in [0.25, 0.3) is 0 Å². The number of pyridine rings is 1. The first-order valence-electron chi connectivity index (χ1n) is 8.25. The molecule has 0 aliphatic carbocycles. The Balaban J connectivity index is 1.74. The number of nitrogens with two attached hydrogens (primary N) is 1. The highest BCUT2D eigenvalue weighted by atomic mass is 16.1. The lowest BCUT2D eigenvalue weighted by Crippen LogP contribution is -2.32. The van der Waals surface area contributed by atoms with E-state index in [0.29, 0.717) is 11.6 Å². The zero-order valence-corrected chi connectivity index (χ0v) is 13.5. The Morgan fingerprint density at radius 2 is 1.78 bits per heavy atom. The van der Waals surface area contributed by atoms with Gasteiger partial charge < -0.3 is 5.73 Å². The third-order valence-electron chi connectivity index (χ3n) is 4.68. The molecule has 2 N–H and O–H groups in total. The van der Waals surface area contributed by atoms with Crippen molar-refractivity contribution in [3.63, 3.8) is 0 Å².